The van der Waals surface area contributed by atoms with Crippen molar-refractivity contribution in [1.82, 2.24) is 10.2 Å². The average molecular weight is 349 g/mol. The maximum absolute atomic E-state index is 11.8. The van der Waals surface area contributed by atoms with Gasteiger partial charge in [-0.2, -0.15) is 0 Å². The summed E-state index contributed by atoms with van der Waals surface area (Å²) in [5.41, 5.74) is 1.04. The lowest BCUT2D eigenvalue weighted by atomic mass is 10.1. The molecule has 0 bridgehead atoms. The standard InChI is InChI=1S/C12H17BrN2O3S/c1-3-9(11(16)17)5-14-12(18)15(2)6-8-4-10(13)19-7-8/h4,7,9H,3,5-6H2,1-2H3,(H,14,18)(H,16,17). The van der Waals surface area contributed by atoms with Gasteiger partial charge in [0.2, 0.25) is 0 Å². The van der Waals surface area contributed by atoms with Gasteiger partial charge in [-0.15, -0.1) is 11.3 Å². The van der Waals surface area contributed by atoms with Gasteiger partial charge in [-0.05, 0) is 39.4 Å². The van der Waals surface area contributed by atoms with E-state index < -0.39 is 11.9 Å². The Hall–Kier alpha value is -1.08. The van der Waals surface area contributed by atoms with E-state index in [1.165, 1.54) is 4.90 Å². The summed E-state index contributed by atoms with van der Waals surface area (Å²) in [4.78, 5) is 24.2. The van der Waals surface area contributed by atoms with Crippen LogP contribution in [0, 0.1) is 5.92 Å². The predicted octanol–water partition coefficient (Wildman–Crippen LogP) is 2.76. The number of carboxylic acids is 1. The third kappa shape index (κ3) is 5.20. The van der Waals surface area contributed by atoms with E-state index in [0.29, 0.717) is 13.0 Å². The van der Waals surface area contributed by atoms with Crippen molar-refractivity contribution >= 4 is 39.3 Å². The number of nitrogens with zero attached hydrogens (tertiary/aromatic N) is 1. The fourth-order valence-corrected chi connectivity index (χ4v) is 2.73. The molecule has 0 fully saturated rings. The molecule has 0 aliphatic heterocycles. The zero-order valence-corrected chi connectivity index (χ0v) is 13.3. The fraction of sp³-hybridized carbons (Fsp3) is 0.500. The Morgan fingerprint density at radius 2 is 2.26 bits per heavy atom. The van der Waals surface area contributed by atoms with Gasteiger partial charge in [0.05, 0.1) is 9.70 Å². The van der Waals surface area contributed by atoms with E-state index in [1.54, 1.807) is 25.3 Å². The summed E-state index contributed by atoms with van der Waals surface area (Å²) in [5, 5.41) is 13.5. The summed E-state index contributed by atoms with van der Waals surface area (Å²) >= 11 is 4.93. The van der Waals surface area contributed by atoms with Crippen molar-refractivity contribution in [1.29, 1.82) is 0 Å². The van der Waals surface area contributed by atoms with Gasteiger partial charge in [-0.3, -0.25) is 4.79 Å². The molecule has 0 aliphatic rings. The summed E-state index contributed by atoms with van der Waals surface area (Å²) in [7, 11) is 1.68. The first kappa shape index (κ1) is 16.0. The van der Waals surface area contributed by atoms with E-state index in [0.717, 1.165) is 9.35 Å². The molecule has 1 aromatic heterocycles. The fourth-order valence-electron chi connectivity index (χ4n) is 1.53. The van der Waals surface area contributed by atoms with E-state index >= 15 is 0 Å². The number of carbonyl (C=O) groups is 2. The lowest BCUT2D eigenvalue weighted by Gasteiger charge is -2.19. The number of rotatable bonds is 6. The predicted molar refractivity (Wildman–Crippen MR) is 78.3 cm³/mol. The second kappa shape index (κ2) is 7.49. The van der Waals surface area contributed by atoms with Gasteiger partial charge in [-0.25, -0.2) is 4.79 Å². The van der Waals surface area contributed by atoms with Crippen molar-refractivity contribution in [3.05, 3.63) is 20.8 Å². The van der Waals surface area contributed by atoms with Gasteiger partial charge in [0.15, 0.2) is 0 Å². The number of amides is 2. The minimum atomic E-state index is -0.882. The SMILES string of the molecule is CCC(CNC(=O)N(C)Cc1csc(Br)c1)C(=O)O. The van der Waals surface area contributed by atoms with E-state index in [1.807, 2.05) is 11.4 Å². The van der Waals surface area contributed by atoms with Gasteiger partial charge in [0.1, 0.15) is 0 Å². The molecule has 2 amide bonds. The summed E-state index contributed by atoms with van der Waals surface area (Å²) in [6.07, 6.45) is 0.497. The van der Waals surface area contributed by atoms with Crippen LogP contribution >= 0.6 is 27.3 Å². The van der Waals surface area contributed by atoms with E-state index in [9.17, 15) is 9.59 Å². The van der Waals surface area contributed by atoms with Crippen LogP contribution in [0.3, 0.4) is 0 Å². The third-order valence-electron chi connectivity index (χ3n) is 2.73. The minimum Gasteiger partial charge on any atom is -0.481 e. The molecular formula is C12H17BrN2O3S. The number of urea groups is 1. The summed E-state index contributed by atoms with van der Waals surface area (Å²) in [6, 6.07) is 1.70. The average Bonchev–Trinajstić information content (AvgIpc) is 2.74. The number of hydrogen-bond donors (Lipinski definition) is 2. The number of nitrogens with one attached hydrogen (secondary N) is 1. The topological polar surface area (TPSA) is 69.6 Å². The lowest BCUT2D eigenvalue weighted by molar-refractivity contribution is -0.141. The number of aliphatic carboxylic acids is 1. The molecule has 0 aromatic carbocycles. The molecule has 0 radical (unpaired) electrons. The van der Waals surface area contributed by atoms with Gasteiger partial charge < -0.3 is 15.3 Å². The number of carboxylic acid groups (broad SMARTS) is 1. The van der Waals surface area contributed by atoms with Crippen LogP contribution in [0.4, 0.5) is 4.79 Å². The van der Waals surface area contributed by atoms with Crippen LogP contribution in [-0.2, 0) is 11.3 Å². The number of halogens is 1. The van der Waals surface area contributed by atoms with E-state index in [4.69, 9.17) is 5.11 Å². The molecule has 0 saturated heterocycles. The Bertz CT molecular complexity index is 450. The Morgan fingerprint density at radius 1 is 1.58 bits per heavy atom. The Balaban J connectivity index is 2.42. The highest BCUT2D eigenvalue weighted by molar-refractivity contribution is 9.11. The van der Waals surface area contributed by atoms with Gasteiger partial charge >= 0.3 is 12.0 Å². The van der Waals surface area contributed by atoms with Crippen molar-refractivity contribution in [2.75, 3.05) is 13.6 Å². The second-order valence-corrected chi connectivity index (χ2v) is 6.54. The van der Waals surface area contributed by atoms with Crippen LogP contribution in [-0.4, -0.2) is 35.6 Å². The molecule has 1 rings (SSSR count). The molecular weight excluding hydrogens is 332 g/mol. The molecule has 0 spiro atoms. The molecule has 106 valence electrons. The van der Waals surface area contributed by atoms with Crippen LogP contribution in [0.2, 0.25) is 0 Å². The van der Waals surface area contributed by atoms with Crippen molar-refractivity contribution < 1.29 is 14.7 Å². The van der Waals surface area contributed by atoms with Crippen LogP contribution in [0.5, 0.6) is 0 Å². The second-order valence-electron chi connectivity index (χ2n) is 4.24. The molecule has 1 unspecified atom stereocenters. The number of thiophene rings is 1. The van der Waals surface area contributed by atoms with Crippen molar-refractivity contribution in [2.24, 2.45) is 5.92 Å². The Morgan fingerprint density at radius 3 is 2.74 bits per heavy atom. The molecule has 0 aliphatic carbocycles. The number of carbonyl (C=O) groups excluding carboxylic acids is 1. The quantitative estimate of drug-likeness (QED) is 0.830. The molecule has 7 heteroatoms. The molecule has 5 nitrogen and oxygen atoms in total. The molecule has 0 saturated carbocycles. The molecule has 1 heterocycles. The Kier molecular flexibility index (Phi) is 6.30. The normalized spacial score (nSPS) is 11.9. The van der Waals surface area contributed by atoms with Gasteiger partial charge in [0.25, 0.3) is 0 Å². The van der Waals surface area contributed by atoms with Crippen LogP contribution in [0.15, 0.2) is 15.2 Å². The minimum absolute atomic E-state index is 0.155. The molecule has 19 heavy (non-hydrogen) atoms. The molecule has 1 aromatic rings. The van der Waals surface area contributed by atoms with Crippen molar-refractivity contribution in [3.8, 4) is 0 Å². The third-order valence-corrected chi connectivity index (χ3v) is 4.28. The first-order valence-corrected chi connectivity index (χ1v) is 7.56. The van der Waals surface area contributed by atoms with Crippen molar-refractivity contribution in [3.63, 3.8) is 0 Å². The summed E-state index contributed by atoms with van der Waals surface area (Å²) in [6.45, 7) is 2.44. The van der Waals surface area contributed by atoms with Gasteiger partial charge in [-0.1, -0.05) is 6.92 Å². The highest BCUT2D eigenvalue weighted by atomic mass is 79.9. The monoisotopic (exact) mass is 348 g/mol. The molecule has 1 atom stereocenters. The molecule has 2 N–H and O–H groups in total. The number of hydrogen-bond acceptors (Lipinski definition) is 3. The summed E-state index contributed by atoms with van der Waals surface area (Å²) in [5.74, 6) is -1.42. The maximum atomic E-state index is 11.8. The van der Waals surface area contributed by atoms with E-state index in [2.05, 4.69) is 21.2 Å². The zero-order chi connectivity index (χ0) is 14.4. The lowest BCUT2D eigenvalue weighted by Crippen LogP contribution is -2.40. The highest BCUT2D eigenvalue weighted by Crippen LogP contribution is 2.21. The van der Waals surface area contributed by atoms with Crippen molar-refractivity contribution in [2.45, 2.75) is 19.9 Å². The first-order valence-electron chi connectivity index (χ1n) is 5.88. The van der Waals surface area contributed by atoms with E-state index in [-0.39, 0.29) is 12.6 Å². The van der Waals surface area contributed by atoms with Crippen LogP contribution < -0.4 is 5.32 Å². The van der Waals surface area contributed by atoms with Gasteiger partial charge in [0, 0.05) is 20.1 Å². The zero-order valence-electron chi connectivity index (χ0n) is 10.9. The van der Waals surface area contributed by atoms with Crippen LogP contribution in [0.1, 0.15) is 18.9 Å². The smallest absolute Gasteiger partial charge is 0.317 e. The maximum Gasteiger partial charge on any atom is 0.317 e. The summed E-state index contributed by atoms with van der Waals surface area (Å²) < 4.78 is 1.02. The van der Waals surface area contributed by atoms with Crippen LogP contribution in [0.25, 0.3) is 0 Å². The largest absolute Gasteiger partial charge is 0.481 e. The first-order chi connectivity index (χ1) is 8.93. The highest BCUT2D eigenvalue weighted by Gasteiger charge is 2.17. The Labute approximate surface area is 124 Å².